The van der Waals surface area contributed by atoms with Crippen LogP contribution < -0.4 is 5.32 Å². The van der Waals surface area contributed by atoms with E-state index in [-0.39, 0.29) is 11.7 Å². The van der Waals surface area contributed by atoms with Crippen molar-refractivity contribution in [3.63, 3.8) is 0 Å². The summed E-state index contributed by atoms with van der Waals surface area (Å²) in [4.78, 5) is 24.9. The van der Waals surface area contributed by atoms with Crippen molar-refractivity contribution in [3.05, 3.63) is 51.2 Å². The summed E-state index contributed by atoms with van der Waals surface area (Å²) in [6, 6.07) is 9.40. The van der Waals surface area contributed by atoms with Crippen LogP contribution in [0.5, 0.6) is 0 Å². The third-order valence-corrected chi connectivity index (χ3v) is 5.75. The maximum atomic E-state index is 12.4. The number of rotatable bonds is 6. The minimum absolute atomic E-state index is 0.0689. The molecule has 0 saturated heterocycles. The molecular formula is C17H17NO4S2. The van der Waals surface area contributed by atoms with E-state index in [2.05, 4.69) is 5.32 Å². The number of hydrogen-bond acceptors (Lipinski definition) is 5. The Morgan fingerprint density at radius 2 is 2.21 bits per heavy atom. The molecule has 7 heteroatoms. The van der Waals surface area contributed by atoms with Gasteiger partial charge in [-0.2, -0.15) is 0 Å². The van der Waals surface area contributed by atoms with Crippen molar-refractivity contribution in [2.45, 2.75) is 18.8 Å². The lowest BCUT2D eigenvalue weighted by molar-refractivity contribution is -0.133. The van der Waals surface area contributed by atoms with Gasteiger partial charge in [-0.25, -0.2) is 0 Å². The molecule has 0 bridgehead atoms. The quantitative estimate of drug-likeness (QED) is 0.823. The van der Waals surface area contributed by atoms with E-state index < -0.39 is 5.97 Å². The second-order valence-corrected chi connectivity index (χ2v) is 7.53. The normalized spacial score (nSPS) is 13.3. The van der Waals surface area contributed by atoms with E-state index in [4.69, 9.17) is 9.84 Å². The summed E-state index contributed by atoms with van der Waals surface area (Å²) in [7, 11) is 0. The molecule has 24 heavy (non-hydrogen) atoms. The zero-order valence-corrected chi connectivity index (χ0v) is 14.5. The largest absolute Gasteiger partial charge is 0.481 e. The number of fused-ring (bicyclic) bond motifs is 1. The maximum absolute atomic E-state index is 12.4. The topological polar surface area (TPSA) is 75.6 Å². The fourth-order valence-corrected chi connectivity index (χ4v) is 4.18. The SMILES string of the molecule is O=C(O)CSCc1cccc(NC(=O)c2cc3c(s2)CCOC3)c1. The van der Waals surface area contributed by atoms with Crippen molar-refractivity contribution >= 4 is 40.7 Å². The Labute approximate surface area is 148 Å². The van der Waals surface area contributed by atoms with Gasteiger partial charge in [-0.05, 0) is 29.3 Å². The van der Waals surface area contributed by atoms with E-state index >= 15 is 0 Å². The highest BCUT2D eigenvalue weighted by atomic mass is 32.2. The van der Waals surface area contributed by atoms with Gasteiger partial charge in [0.05, 0.1) is 23.8 Å². The van der Waals surface area contributed by atoms with Gasteiger partial charge in [0, 0.05) is 22.7 Å². The smallest absolute Gasteiger partial charge is 0.313 e. The number of hydrogen-bond donors (Lipinski definition) is 2. The molecule has 0 spiro atoms. The Kier molecular flexibility index (Phi) is 5.55. The number of carboxylic acids is 1. The predicted molar refractivity (Wildman–Crippen MR) is 95.9 cm³/mol. The predicted octanol–water partition coefficient (Wildman–Crippen LogP) is 3.39. The average molecular weight is 363 g/mol. The lowest BCUT2D eigenvalue weighted by atomic mass is 10.2. The van der Waals surface area contributed by atoms with Gasteiger partial charge in [-0.1, -0.05) is 12.1 Å². The Morgan fingerprint density at radius 3 is 3.00 bits per heavy atom. The van der Waals surface area contributed by atoms with Crippen molar-refractivity contribution in [2.24, 2.45) is 0 Å². The van der Waals surface area contributed by atoms with Crippen molar-refractivity contribution in [2.75, 3.05) is 17.7 Å². The first-order valence-electron chi connectivity index (χ1n) is 7.51. The number of anilines is 1. The van der Waals surface area contributed by atoms with Crippen molar-refractivity contribution in [1.82, 2.24) is 0 Å². The highest BCUT2D eigenvalue weighted by Crippen LogP contribution is 2.27. The highest BCUT2D eigenvalue weighted by Gasteiger charge is 2.17. The molecule has 1 aliphatic rings. The molecule has 0 aliphatic carbocycles. The van der Waals surface area contributed by atoms with Crippen LogP contribution in [0, 0.1) is 0 Å². The summed E-state index contributed by atoms with van der Waals surface area (Å²) >= 11 is 2.86. The van der Waals surface area contributed by atoms with Crippen LogP contribution in [0.2, 0.25) is 0 Å². The summed E-state index contributed by atoms with van der Waals surface area (Å²) in [5.41, 5.74) is 2.81. The number of ether oxygens (including phenoxy) is 1. The van der Waals surface area contributed by atoms with Gasteiger partial charge in [-0.3, -0.25) is 9.59 Å². The summed E-state index contributed by atoms with van der Waals surface area (Å²) < 4.78 is 5.41. The summed E-state index contributed by atoms with van der Waals surface area (Å²) in [5, 5.41) is 11.6. The number of carbonyl (C=O) groups is 2. The molecule has 1 aromatic carbocycles. The molecule has 5 nitrogen and oxygen atoms in total. The van der Waals surface area contributed by atoms with Crippen LogP contribution in [-0.2, 0) is 28.3 Å². The third-order valence-electron chi connectivity index (χ3n) is 3.53. The van der Waals surface area contributed by atoms with Crippen LogP contribution in [-0.4, -0.2) is 29.3 Å². The van der Waals surface area contributed by atoms with Gasteiger partial charge in [0.25, 0.3) is 5.91 Å². The molecule has 3 rings (SSSR count). The van der Waals surface area contributed by atoms with E-state index in [1.165, 1.54) is 28.0 Å². The standard InChI is InChI=1S/C17H17NO4S2/c19-16(20)10-23-9-11-2-1-3-13(6-11)18-17(21)15-7-12-8-22-5-4-14(12)24-15/h1-3,6-7H,4-5,8-10H2,(H,18,21)(H,19,20). The van der Waals surface area contributed by atoms with Crippen LogP contribution in [0.3, 0.4) is 0 Å². The molecule has 0 saturated carbocycles. The minimum Gasteiger partial charge on any atom is -0.481 e. The van der Waals surface area contributed by atoms with E-state index in [9.17, 15) is 9.59 Å². The summed E-state index contributed by atoms with van der Waals surface area (Å²) in [6.45, 7) is 1.29. The molecule has 2 heterocycles. The summed E-state index contributed by atoms with van der Waals surface area (Å²) in [6.07, 6.45) is 0.865. The number of aliphatic carboxylic acids is 1. The number of benzene rings is 1. The monoisotopic (exact) mass is 363 g/mol. The fraction of sp³-hybridized carbons (Fsp3) is 0.294. The second-order valence-electron chi connectivity index (χ2n) is 5.40. The van der Waals surface area contributed by atoms with Gasteiger partial charge in [0.1, 0.15) is 0 Å². The number of amides is 1. The number of nitrogens with one attached hydrogen (secondary N) is 1. The Hall–Kier alpha value is -1.83. The number of thioether (sulfide) groups is 1. The first-order valence-corrected chi connectivity index (χ1v) is 9.48. The van der Waals surface area contributed by atoms with E-state index in [0.29, 0.717) is 23.8 Å². The molecule has 2 aromatic rings. The first-order chi connectivity index (χ1) is 11.6. The Morgan fingerprint density at radius 1 is 1.33 bits per heavy atom. The fourth-order valence-electron chi connectivity index (χ4n) is 2.45. The molecule has 1 aromatic heterocycles. The van der Waals surface area contributed by atoms with Crippen LogP contribution in [0.15, 0.2) is 30.3 Å². The lowest BCUT2D eigenvalue weighted by Gasteiger charge is -2.10. The van der Waals surface area contributed by atoms with Crippen molar-refractivity contribution in [1.29, 1.82) is 0 Å². The van der Waals surface area contributed by atoms with Crippen LogP contribution in [0.1, 0.15) is 25.7 Å². The first kappa shape index (κ1) is 17.0. The van der Waals surface area contributed by atoms with Gasteiger partial charge >= 0.3 is 5.97 Å². The van der Waals surface area contributed by atoms with E-state index in [1.54, 1.807) is 0 Å². The number of carbonyl (C=O) groups excluding carboxylic acids is 1. The highest BCUT2D eigenvalue weighted by molar-refractivity contribution is 7.99. The van der Waals surface area contributed by atoms with Crippen LogP contribution >= 0.6 is 23.1 Å². The van der Waals surface area contributed by atoms with Gasteiger partial charge in [-0.15, -0.1) is 23.1 Å². The number of carboxylic acid groups (broad SMARTS) is 1. The average Bonchev–Trinajstić information content (AvgIpc) is 2.99. The van der Waals surface area contributed by atoms with E-state index in [1.807, 2.05) is 30.3 Å². The molecule has 126 valence electrons. The zero-order chi connectivity index (χ0) is 16.9. The van der Waals surface area contributed by atoms with Crippen molar-refractivity contribution in [3.8, 4) is 0 Å². The van der Waals surface area contributed by atoms with Crippen LogP contribution in [0.4, 0.5) is 5.69 Å². The Balaban J connectivity index is 1.63. The molecule has 0 unspecified atom stereocenters. The molecule has 0 radical (unpaired) electrons. The van der Waals surface area contributed by atoms with Gasteiger partial charge in [0.2, 0.25) is 0 Å². The van der Waals surface area contributed by atoms with Gasteiger partial charge < -0.3 is 15.2 Å². The summed E-state index contributed by atoms with van der Waals surface area (Å²) in [5.74, 6) is -0.278. The maximum Gasteiger partial charge on any atom is 0.313 e. The second kappa shape index (κ2) is 7.83. The molecule has 1 aliphatic heterocycles. The van der Waals surface area contributed by atoms with E-state index in [0.717, 1.165) is 23.2 Å². The molecular weight excluding hydrogens is 346 g/mol. The molecule has 1 amide bonds. The lowest BCUT2D eigenvalue weighted by Crippen LogP contribution is -2.10. The Bertz CT molecular complexity index is 733. The zero-order valence-electron chi connectivity index (χ0n) is 12.9. The van der Waals surface area contributed by atoms with Crippen molar-refractivity contribution < 1.29 is 19.4 Å². The molecule has 0 atom stereocenters. The number of thiophene rings is 1. The van der Waals surface area contributed by atoms with Crippen LogP contribution in [0.25, 0.3) is 0 Å². The minimum atomic E-state index is -0.824. The molecule has 0 fully saturated rings. The third kappa shape index (κ3) is 4.37. The van der Waals surface area contributed by atoms with Gasteiger partial charge in [0.15, 0.2) is 0 Å². The molecule has 2 N–H and O–H groups in total.